The Labute approximate surface area is 172 Å². The summed E-state index contributed by atoms with van der Waals surface area (Å²) in [4.78, 5) is 39.2. The summed E-state index contributed by atoms with van der Waals surface area (Å²) in [6.07, 6.45) is 3.74. The fourth-order valence-electron chi connectivity index (χ4n) is 3.58. The highest BCUT2D eigenvalue weighted by Crippen LogP contribution is 2.34. The molecule has 2 atom stereocenters. The number of hydrogen-bond donors (Lipinski definition) is 2. The lowest BCUT2D eigenvalue weighted by Gasteiger charge is -2.27. The van der Waals surface area contributed by atoms with Gasteiger partial charge in [0.25, 0.3) is 5.91 Å². The Kier molecular flexibility index (Phi) is 7.76. The molecule has 29 heavy (non-hydrogen) atoms. The van der Waals surface area contributed by atoms with Gasteiger partial charge in [-0.05, 0) is 49.8 Å². The van der Waals surface area contributed by atoms with Crippen molar-refractivity contribution in [2.75, 3.05) is 6.54 Å². The van der Waals surface area contributed by atoms with Crippen LogP contribution in [0.3, 0.4) is 0 Å². The normalized spacial score (nSPS) is 20.1. The van der Waals surface area contributed by atoms with Crippen molar-refractivity contribution >= 4 is 17.8 Å². The van der Waals surface area contributed by atoms with Gasteiger partial charge in [0, 0.05) is 6.04 Å². The minimum absolute atomic E-state index is 0.0346. The molecule has 2 N–H and O–H groups in total. The molecular weight excluding hydrogens is 373 g/mol. The first-order valence-corrected chi connectivity index (χ1v) is 10.4. The molecule has 0 radical (unpaired) electrons. The summed E-state index contributed by atoms with van der Waals surface area (Å²) >= 11 is 0. The zero-order valence-electron chi connectivity index (χ0n) is 17.8. The number of carbonyl (C=O) groups excluding carboxylic acids is 3. The third-order valence-corrected chi connectivity index (χ3v) is 5.30. The van der Waals surface area contributed by atoms with Crippen LogP contribution in [0.25, 0.3) is 0 Å². The van der Waals surface area contributed by atoms with Gasteiger partial charge in [0.2, 0.25) is 5.91 Å². The maximum atomic E-state index is 13.4. The number of amides is 4. The van der Waals surface area contributed by atoms with E-state index < -0.39 is 23.3 Å². The number of halogens is 1. The first kappa shape index (κ1) is 22.8. The van der Waals surface area contributed by atoms with Crippen molar-refractivity contribution in [3.05, 3.63) is 35.6 Å². The van der Waals surface area contributed by atoms with Gasteiger partial charge in [-0.15, -0.1) is 0 Å². The number of nitrogens with one attached hydrogen (secondary N) is 2. The Hall–Kier alpha value is -2.44. The van der Waals surface area contributed by atoms with Gasteiger partial charge in [-0.2, -0.15) is 0 Å². The Morgan fingerprint density at radius 1 is 1.17 bits per heavy atom. The fraction of sp³-hybridized carbons (Fsp3) is 0.591. The van der Waals surface area contributed by atoms with E-state index in [2.05, 4.69) is 24.5 Å². The van der Waals surface area contributed by atoms with Crippen LogP contribution in [-0.4, -0.2) is 35.3 Å². The van der Waals surface area contributed by atoms with Crippen molar-refractivity contribution in [1.29, 1.82) is 0 Å². The maximum Gasteiger partial charge on any atom is 0.325 e. The molecule has 1 heterocycles. The maximum absolute atomic E-state index is 13.4. The van der Waals surface area contributed by atoms with Crippen LogP contribution in [-0.2, 0) is 15.1 Å². The van der Waals surface area contributed by atoms with Crippen molar-refractivity contribution in [3.8, 4) is 0 Å². The number of hydrogen-bond acceptors (Lipinski definition) is 3. The summed E-state index contributed by atoms with van der Waals surface area (Å²) in [5.74, 6) is -0.708. The van der Waals surface area contributed by atoms with Gasteiger partial charge in [0.1, 0.15) is 17.9 Å². The number of benzene rings is 1. The summed E-state index contributed by atoms with van der Waals surface area (Å²) in [5, 5.41) is 5.63. The molecule has 0 spiro atoms. The van der Waals surface area contributed by atoms with Crippen LogP contribution in [0.1, 0.15) is 65.4 Å². The predicted molar refractivity (Wildman–Crippen MR) is 110 cm³/mol. The monoisotopic (exact) mass is 405 g/mol. The molecule has 1 aliphatic heterocycles. The van der Waals surface area contributed by atoms with E-state index in [4.69, 9.17) is 0 Å². The molecular formula is C22H32FN3O3. The molecule has 2 unspecified atom stereocenters. The lowest BCUT2D eigenvalue weighted by molar-refractivity contribution is -0.135. The Morgan fingerprint density at radius 3 is 2.41 bits per heavy atom. The highest BCUT2D eigenvalue weighted by atomic mass is 19.1. The Bertz CT molecular complexity index is 735. The lowest BCUT2D eigenvalue weighted by atomic mass is 9.85. The standard InChI is InChI=1S/C22H32FN3O3/c1-5-6-13-22(17-9-11-18(23)12-10-17)20(28)26(21(29)25-22)14-19(27)24-16(4)8-7-15(2)3/h9-12,15-16H,5-8,13-14H2,1-4H3,(H,24,27)(H,25,29). The molecule has 7 heteroatoms. The van der Waals surface area contributed by atoms with Crippen molar-refractivity contribution in [2.45, 2.75) is 71.4 Å². The minimum Gasteiger partial charge on any atom is -0.352 e. The van der Waals surface area contributed by atoms with E-state index in [0.717, 1.165) is 24.2 Å². The van der Waals surface area contributed by atoms with Crippen LogP contribution in [0.15, 0.2) is 24.3 Å². The average Bonchev–Trinajstić information content (AvgIpc) is 2.90. The van der Waals surface area contributed by atoms with Crippen molar-refractivity contribution in [2.24, 2.45) is 5.92 Å². The predicted octanol–water partition coefficient (Wildman–Crippen LogP) is 3.70. The molecule has 0 bridgehead atoms. The van der Waals surface area contributed by atoms with Gasteiger partial charge >= 0.3 is 6.03 Å². The molecule has 2 rings (SSSR count). The first-order valence-electron chi connectivity index (χ1n) is 10.4. The molecule has 4 amide bonds. The van der Waals surface area contributed by atoms with Crippen LogP contribution >= 0.6 is 0 Å². The summed E-state index contributed by atoms with van der Waals surface area (Å²) in [6.45, 7) is 7.81. The number of rotatable bonds is 10. The molecule has 1 aliphatic rings. The van der Waals surface area contributed by atoms with E-state index in [1.165, 1.54) is 24.3 Å². The van der Waals surface area contributed by atoms with Gasteiger partial charge < -0.3 is 10.6 Å². The highest BCUT2D eigenvalue weighted by molar-refractivity contribution is 6.09. The smallest absolute Gasteiger partial charge is 0.325 e. The highest BCUT2D eigenvalue weighted by Gasteiger charge is 2.52. The second kappa shape index (κ2) is 9.85. The largest absolute Gasteiger partial charge is 0.352 e. The van der Waals surface area contributed by atoms with Crippen LogP contribution < -0.4 is 10.6 Å². The molecule has 1 aromatic rings. The first-order chi connectivity index (χ1) is 13.7. The van der Waals surface area contributed by atoms with Crippen molar-refractivity contribution in [3.63, 3.8) is 0 Å². The summed E-state index contributed by atoms with van der Waals surface area (Å²) in [6, 6.07) is 4.94. The van der Waals surface area contributed by atoms with Gasteiger partial charge in [-0.1, -0.05) is 45.7 Å². The molecule has 0 aromatic heterocycles. The van der Waals surface area contributed by atoms with E-state index in [9.17, 15) is 18.8 Å². The van der Waals surface area contributed by atoms with E-state index >= 15 is 0 Å². The van der Waals surface area contributed by atoms with E-state index in [1.807, 2.05) is 13.8 Å². The zero-order chi connectivity index (χ0) is 21.6. The summed E-state index contributed by atoms with van der Waals surface area (Å²) in [5.41, 5.74) is -0.733. The fourth-order valence-corrected chi connectivity index (χ4v) is 3.58. The Balaban J connectivity index is 2.14. The van der Waals surface area contributed by atoms with Crippen molar-refractivity contribution in [1.82, 2.24) is 15.5 Å². The van der Waals surface area contributed by atoms with E-state index in [-0.39, 0.29) is 18.5 Å². The third kappa shape index (κ3) is 5.55. The van der Waals surface area contributed by atoms with Crippen LogP contribution in [0.4, 0.5) is 9.18 Å². The van der Waals surface area contributed by atoms with Crippen LogP contribution in [0.2, 0.25) is 0 Å². The van der Waals surface area contributed by atoms with E-state index in [0.29, 0.717) is 24.3 Å². The number of urea groups is 1. The van der Waals surface area contributed by atoms with Gasteiger partial charge in [-0.3, -0.25) is 14.5 Å². The third-order valence-electron chi connectivity index (χ3n) is 5.30. The Morgan fingerprint density at radius 2 is 1.83 bits per heavy atom. The second-order valence-corrected chi connectivity index (χ2v) is 8.28. The number of unbranched alkanes of at least 4 members (excludes halogenated alkanes) is 1. The van der Waals surface area contributed by atoms with Gasteiger partial charge in [0.05, 0.1) is 0 Å². The molecule has 6 nitrogen and oxygen atoms in total. The van der Waals surface area contributed by atoms with E-state index in [1.54, 1.807) is 0 Å². The number of imide groups is 1. The van der Waals surface area contributed by atoms with Gasteiger partial charge in [0.15, 0.2) is 0 Å². The number of nitrogens with zero attached hydrogens (tertiary/aromatic N) is 1. The van der Waals surface area contributed by atoms with Crippen LogP contribution in [0, 0.1) is 11.7 Å². The van der Waals surface area contributed by atoms with Gasteiger partial charge in [-0.25, -0.2) is 9.18 Å². The summed E-state index contributed by atoms with van der Waals surface area (Å²) in [7, 11) is 0. The molecule has 1 saturated heterocycles. The van der Waals surface area contributed by atoms with Crippen molar-refractivity contribution < 1.29 is 18.8 Å². The summed E-state index contributed by atoms with van der Waals surface area (Å²) < 4.78 is 13.4. The molecule has 0 aliphatic carbocycles. The molecule has 1 aromatic carbocycles. The average molecular weight is 406 g/mol. The quantitative estimate of drug-likeness (QED) is 0.583. The zero-order valence-corrected chi connectivity index (χ0v) is 17.8. The topological polar surface area (TPSA) is 78.5 Å². The molecule has 1 fully saturated rings. The lowest BCUT2D eigenvalue weighted by Crippen LogP contribution is -2.46. The van der Waals surface area contributed by atoms with Crippen LogP contribution in [0.5, 0.6) is 0 Å². The number of carbonyl (C=O) groups is 3. The minimum atomic E-state index is -1.26. The molecule has 0 saturated carbocycles. The SMILES string of the molecule is CCCCC1(c2ccc(F)cc2)NC(=O)N(CC(=O)NC(C)CCC(C)C)C1=O. The molecule has 160 valence electrons. The second-order valence-electron chi connectivity index (χ2n) is 8.28.